The lowest BCUT2D eigenvalue weighted by molar-refractivity contribution is 0.736. The fraction of sp³-hybridized carbons (Fsp3) is 0.400. The van der Waals surface area contributed by atoms with Crippen LogP contribution in [0, 0.1) is 13.8 Å². The lowest BCUT2D eigenvalue weighted by atomic mass is 10.3. The first-order valence-electron chi connectivity index (χ1n) is 4.40. The standard InChI is InChI=1S/C10H13ClN2O/c1-8-9(2)12-7-13(10(8)14)6-4-3-5-11/h3-4,7H,5-6H2,1-2H3/b4-3+. The maximum atomic E-state index is 11.6. The van der Waals surface area contributed by atoms with Gasteiger partial charge >= 0.3 is 0 Å². The molecule has 0 atom stereocenters. The number of allylic oxidation sites excluding steroid dienone is 2. The quantitative estimate of drug-likeness (QED) is 0.564. The van der Waals surface area contributed by atoms with Crippen molar-refractivity contribution in [3.8, 4) is 0 Å². The van der Waals surface area contributed by atoms with Crippen LogP contribution in [0.1, 0.15) is 11.3 Å². The molecule has 0 amide bonds. The molecule has 1 heterocycles. The maximum absolute atomic E-state index is 11.6. The van der Waals surface area contributed by atoms with Gasteiger partial charge in [0.15, 0.2) is 0 Å². The van der Waals surface area contributed by atoms with Gasteiger partial charge < -0.3 is 0 Å². The smallest absolute Gasteiger partial charge is 0.256 e. The van der Waals surface area contributed by atoms with Crippen LogP contribution in [0.25, 0.3) is 0 Å². The van der Waals surface area contributed by atoms with Crippen molar-refractivity contribution in [2.24, 2.45) is 0 Å². The molecule has 76 valence electrons. The molecule has 14 heavy (non-hydrogen) atoms. The van der Waals surface area contributed by atoms with Crippen LogP contribution in [0.3, 0.4) is 0 Å². The molecule has 0 aliphatic rings. The summed E-state index contributed by atoms with van der Waals surface area (Å²) in [5.74, 6) is 0.465. The van der Waals surface area contributed by atoms with Gasteiger partial charge in [-0.25, -0.2) is 4.98 Å². The van der Waals surface area contributed by atoms with Gasteiger partial charge in [-0.15, -0.1) is 11.6 Å². The normalized spacial score (nSPS) is 11.1. The highest BCUT2D eigenvalue weighted by Gasteiger charge is 2.01. The third kappa shape index (κ3) is 2.45. The first-order valence-corrected chi connectivity index (χ1v) is 4.94. The van der Waals surface area contributed by atoms with Gasteiger partial charge in [0.2, 0.25) is 0 Å². The van der Waals surface area contributed by atoms with Crippen molar-refractivity contribution in [2.45, 2.75) is 20.4 Å². The van der Waals surface area contributed by atoms with E-state index < -0.39 is 0 Å². The van der Waals surface area contributed by atoms with E-state index in [1.165, 1.54) is 0 Å². The monoisotopic (exact) mass is 212 g/mol. The highest BCUT2D eigenvalue weighted by Crippen LogP contribution is 1.94. The molecular weight excluding hydrogens is 200 g/mol. The molecule has 0 saturated heterocycles. The summed E-state index contributed by atoms with van der Waals surface area (Å²) < 4.78 is 1.56. The van der Waals surface area contributed by atoms with Crippen LogP contribution in [0.4, 0.5) is 0 Å². The van der Waals surface area contributed by atoms with Crippen LogP contribution in [-0.2, 0) is 6.54 Å². The van der Waals surface area contributed by atoms with Crippen LogP contribution >= 0.6 is 11.6 Å². The zero-order valence-electron chi connectivity index (χ0n) is 8.33. The Balaban J connectivity index is 2.95. The topological polar surface area (TPSA) is 34.9 Å². The minimum absolute atomic E-state index is 0.0109. The van der Waals surface area contributed by atoms with E-state index in [-0.39, 0.29) is 5.56 Å². The molecule has 4 heteroatoms. The van der Waals surface area contributed by atoms with Crippen molar-refractivity contribution in [2.75, 3.05) is 5.88 Å². The largest absolute Gasteiger partial charge is 0.295 e. The van der Waals surface area contributed by atoms with Crippen molar-refractivity contribution < 1.29 is 0 Å². The Morgan fingerprint density at radius 3 is 2.86 bits per heavy atom. The Morgan fingerprint density at radius 2 is 2.21 bits per heavy atom. The second-order valence-corrected chi connectivity index (χ2v) is 3.35. The van der Waals surface area contributed by atoms with E-state index >= 15 is 0 Å². The highest BCUT2D eigenvalue weighted by molar-refractivity contribution is 6.18. The van der Waals surface area contributed by atoms with E-state index in [2.05, 4.69) is 4.98 Å². The third-order valence-electron chi connectivity index (χ3n) is 2.07. The zero-order chi connectivity index (χ0) is 10.6. The Labute approximate surface area is 88.0 Å². The van der Waals surface area contributed by atoms with Crippen LogP contribution in [0.15, 0.2) is 23.3 Å². The Kier molecular flexibility index (Phi) is 3.89. The molecule has 1 aromatic rings. The molecule has 0 aromatic carbocycles. The van der Waals surface area contributed by atoms with Crippen LogP contribution in [0.5, 0.6) is 0 Å². The average molecular weight is 213 g/mol. The maximum Gasteiger partial charge on any atom is 0.256 e. The molecule has 0 spiro atoms. The van der Waals surface area contributed by atoms with E-state index in [4.69, 9.17) is 11.6 Å². The van der Waals surface area contributed by atoms with Gasteiger partial charge in [0.25, 0.3) is 5.56 Å². The van der Waals surface area contributed by atoms with Gasteiger partial charge in [0.05, 0.1) is 6.33 Å². The SMILES string of the molecule is Cc1ncn(C/C=C/CCl)c(=O)c1C. The Morgan fingerprint density at radius 1 is 1.50 bits per heavy atom. The summed E-state index contributed by atoms with van der Waals surface area (Å²) in [6, 6.07) is 0. The minimum atomic E-state index is 0.0109. The fourth-order valence-corrected chi connectivity index (χ4v) is 1.18. The molecular formula is C10H13ClN2O. The van der Waals surface area contributed by atoms with Crippen molar-refractivity contribution in [1.29, 1.82) is 0 Å². The summed E-state index contributed by atoms with van der Waals surface area (Å²) in [7, 11) is 0. The highest BCUT2D eigenvalue weighted by atomic mass is 35.5. The molecule has 0 radical (unpaired) electrons. The minimum Gasteiger partial charge on any atom is -0.295 e. The molecule has 3 nitrogen and oxygen atoms in total. The van der Waals surface area contributed by atoms with E-state index in [0.29, 0.717) is 18.0 Å². The van der Waals surface area contributed by atoms with Crippen molar-refractivity contribution in [3.05, 3.63) is 40.1 Å². The van der Waals surface area contributed by atoms with Crippen LogP contribution < -0.4 is 5.56 Å². The Hall–Kier alpha value is -1.09. The number of alkyl halides is 1. The molecule has 0 aliphatic carbocycles. The average Bonchev–Trinajstić information content (AvgIpc) is 2.18. The second kappa shape index (κ2) is 4.96. The van der Waals surface area contributed by atoms with E-state index in [1.54, 1.807) is 17.8 Å². The predicted octanol–water partition coefficient (Wildman–Crippen LogP) is 1.66. The molecule has 0 aliphatic heterocycles. The molecule has 1 aromatic heterocycles. The Bertz CT molecular complexity index is 396. The summed E-state index contributed by atoms with van der Waals surface area (Å²) in [6.45, 7) is 4.14. The lowest BCUT2D eigenvalue weighted by Crippen LogP contribution is -2.23. The predicted molar refractivity (Wildman–Crippen MR) is 57.8 cm³/mol. The number of hydrogen-bond acceptors (Lipinski definition) is 2. The van der Waals surface area contributed by atoms with Gasteiger partial charge in [0, 0.05) is 23.7 Å². The van der Waals surface area contributed by atoms with Crippen molar-refractivity contribution in [1.82, 2.24) is 9.55 Å². The summed E-state index contributed by atoms with van der Waals surface area (Å²) >= 11 is 5.47. The van der Waals surface area contributed by atoms with E-state index in [9.17, 15) is 4.79 Å². The zero-order valence-corrected chi connectivity index (χ0v) is 9.08. The first kappa shape index (κ1) is 11.0. The first-order chi connectivity index (χ1) is 6.66. The number of nitrogens with zero attached hydrogens (tertiary/aromatic N) is 2. The van der Waals surface area contributed by atoms with Gasteiger partial charge in [-0.3, -0.25) is 9.36 Å². The molecule has 0 unspecified atom stereocenters. The van der Waals surface area contributed by atoms with Gasteiger partial charge in [-0.2, -0.15) is 0 Å². The molecule has 0 bridgehead atoms. The van der Waals surface area contributed by atoms with Gasteiger partial charge in [-0.1, -0.05) is 12.2 Å². The second-order valence-electron chi connectivity index (χ2n) is 3.04. The number of aryl methyl sites for hydroxylation is 1. The molecule has 0 fully saturated rings. The van der Waals surface area contributed by atoms with Crippen molar-refractivity contribution >= 4 is 11.6 Å². The number of aromatic nitrogens is 2. The molecule has 1 rings (SSSR count). The number of rotatable bonds is 3. The fourth-order valence-electron chi connectivity index (χ4n) is 1.06. The summed E-state index contributed by atoms with van der Waals surface area (Å²) in [6.07, 6.45) is 5.22. The molecule has 0 N–H and O–H groups in total. The van der Waals surface area contributed by atoms with Crippen molar-refractivity contribution in [3.63, 3.8) is 0 Å². The van der Waals surface area contributed by atoms with Gasteiger partial charge in [-0.05, 0) is 13.8 Å². The summed E-state index contributed by atoms with van der Waals surface area (Å²) in [5.41, 5.74) is 1.50. The van der Waals surface area contributed by atoms with Gasteiger partial charge in [0.1, 0.15) is 0 Å². The van der Waals surface area contributed by atoms with Crippen LogP contribution in [-0.4, -0.2) is 15.4 Å². The van der Waals surface area contributed by atoms with Crippen LogP contribution in [0.2, 0.25) is 0 Å². The van der Waals surface area contributed by atoms with E-state index in [0.717, 1.165) is 5.69 Å². The lowest BCUT2D eigenvalue weighted by Gasteiger charge is -2.04. The number of halogens is 1. The molecule has 0 saturated carbocycles. The van der Waals surface area contributed by atoms with E-state index in [1.807, 2.05) is 19.1 Å². The summed E-state index contributed by atoms with van der Waals surface area (Å²) in [4.78, 5) is 15.8. The number of hydrogen-bond donors (Lipinski definition) is 0. The summed E-state index contributed by atoms with van der Waals surface area (Å²) in [5, 5.41) is 0. The third-order valence-corrected chi connectivity index (χ3v) is 2.25.